The van der Waals surface area contributed by atoms with Gasteiger partial charge in [-0.25, -0.2) is 9.78 Å². The van der Waals surface area contributed by atoms with Crippen molar-refractivity contribution in [3.8, 4) is 0 Å². The van der Waals surface area contributed by atoms with Gasteiger partial charge >= 0.3 is 5.97 Å². The van der Waals surface area contributed by atoms with E-state index in [9.17, 15) is 4.79 Å². The molecule has 2 N–H and O–H groups in total. The molecule has 0 atom stereocenters. The molecule has 0 aliphatic carbocycles. The molecule has 0 spiro atoms. The van der Waals surface area contributed by atoms with E-state index in [1.807, 2.05) is 26.8 Å². The van der Waals surface area contributed by atoms with E-state index in [0.717, 1.165) is 18.8 Å². The minimum absolute atomic E-state index is 0.194. The number of hydrogen-bond donors (Lipinski definition) is 1. The molecule has 0 amide bonds. The van der Waals surface area contributed by atoms with Gasteiger partial charge in [0.05, 0.1) is 30.4 Å². The first-order chi connectivity index (χ1) is 9.36. The number of nitrogen functional groups attached to an aromatic ring is 1. The standard InChI is InChI=1S/C14H22N4O2/c1-14(2,3)13(19)20-18-8-6-17(7-9-18)11-4-5-12(15)16-10-11/h4-5,10H,6-9H2,1-3H3,(H2,15,16). The highest BCUT2D eigenvalue weighted by Gasteiger charge is 2.27. The summed E-state index contributed by atoms with van der Waals surface area (Å²) >= 11 is 0. The Bertz CT molecular complexity index is 459. The first kappa shape index (κ1) is 14.6. The minimum Gasteiger partial charge on any atom is -0.384 e. The number of anilines is 2. The van der Waals surface area contributed by atoms with Crippen molar-refractivity contribution in [3.05, 3.63) is 18.3 Å². The zero-order valence-electron chi connectivity index (χ0n) is 12.3. The van der Waals surface area contributed by atoms with E-state index in [0.29, 0.717) is 18.9 Å². The normalized spacial score (nSPS) is 17.1. The van der Waals surface area contributed by atoms with E-state index in [1.54, 1.807) is 17.3 Å². The molecule has 1 saturated heterocycles. The fourth-order valence-corrected chi connectivity index (χ4v) is 1.88. The number of carbonyl (C=O) groups excluding carboxylic acids is 1. The van der Waals surface area contributed by atoms with Crippen LogP contribution in [-0.4, -0.2) is 42.2 Å². The summed E-state index contributed by atoms with van der Waals surface area (Å²) in [6.07, 6.45) is 1.77. The molecule has 0 saturated carbocycles. The maximum Gasteiger partial charge on any atom is 0.330 e. The van der Waals surface area contributed by atoms with E-state index in [2.05, 4.69) is 9.88 Å². The van der Waals surface area contributed by atoms with Crippen LogP contribution < -0.4 is 10.6 Å². The van der Waals surface area contributed by atoms with Crippen molar-refractivity contribution in [1.29, 1.82) is 0 Å². The van der Waals surface area contributed by atoms with E-state index >= 15 is 0 Å². The summed E-state index contributed by atoms with van der Waals surface area (Å²) < 4.78 is 0. The lowest BCUT2D eigenvalue weighted by Crippen LogP contribution is -2.48. The lowest BCUT2D eigenvalue weighted by atomic mass is 9.98. The third kappa shape index (κ3) is 3.60. The second kappa shape index (κ2) is 5.66. The summed E-state index contributed by atoms with van der Waals surface area (Å²) in [5.41, 5.74) is 6.15. The smallest absolute Gasteiger partial charge is 0.330 e. The van der Waals surface area contributed by atoms with Crippen molar-refractivity contribution in [3.63, 3.8) is 0 Å². The number of rotatable bonds is 2. The number of hydrogen-bond acceptors (Lipinski definition) is 6. The summed E-state index contributed by atoms with van der Waals surface area (Å²) in [5, 5.41) is 1.73. The first-order valence-electron chi connectivity index (χ1n) is 6.80. The van der Waals surface area contributed by atoms with Crippen LogP contribution in [0.25, 0.3) is 0 Å². The average Bonchev–Trinajstić information content (AvgIpc) is 2.39. The Morgan fingerprint density at radius 2 is 1.90 bits per heavy atom. The van der Waals surface area contributed by atoms with Crippen LogP contribution in [0.3, 0.4) is 0 Å². The highest BCUT2D eigenvalue weighted by molar-refractivity contribution is 5.75. The Labute approximate surface area is 119 Å². The quantitative estimate of drug-likeness (QED) is 0.879. The van der Waals surface area contributed by atoms with Crippen LogP contribution in [0, 0.1) is 5.41 Å². The van der Waals surface area contributed by atoms with Gasteiger partial charge in [0.15, 0.2) is 0 Å². The highest BCUT2D eigenvalue weighted by Crippen LogP contribution is 2.19. The average molecular weight is 278 g/mol. The Kier molecular flexibility index (Phi) is 4.13. The Hall–Kier alpha value is -1.82. The molecule has 1 aliphatic rings. The van der Waals surface area contributed by atoms with E-state index < -0.39 is 5.41 Å². The van der Waals surface area contributed by atoms with Gasteiger partial charge in [0.25, 0.3) is 0 Å². The number of aromatic nitrogens is 1. The minimum atomic E-state index is -0.474. The van der Waals surface area contributed by atoms with Crippen LogP contribution >= 0.6 is 0 Å². The summed E-state index contributed by atoms with van der Waals surface area (Å²) in [6.45, 7) is 8.52. The number of pyridine rings is 1. The van der Waals surface area contributed by atoms with Crippen LogP contribution in [0.4, 0.5) is 11.5 Å². The van der Waals surface area contributed by atoms with Crippen molar-refractivity contribution in [2.24, 2.45) is 5.41 Å². The predicted molar refractivity (Wildman–Crippen MR) is 78.0 cm³/mol. The lowest BCUT2D eigenvalue weighted by molar-refractivity contribution is -0.201. The van der Waals surface area contributed by atoms with Crippen LogP contribution in [0.2, 0.25) is 0 Å². The molecule has 1 aromatic rings. The molecule has 0 bridgehead atoms. The summed E-state index contributed by atoms with van der Waals surface area (Å²) in [6, 6.07) is 3.75. The van der Waals surface area contributed by atoms with E-state index in [1.165, 1.54) is 0 Å². The van der Waals surface area contributed by atoms with Gasteiger partial charge < -0.3 is 15.5 Å². The van der Waals surface area contributed by atoms with Crippen molar-refractivity contribution in [2.75, 3.05) is 36.8 Å². The Morgan fingerprint density at radius 1 is 1.25 bits per heavy atom. The predicted octanol–water partition coefficient (Wildman–Crippen LogP) is 1.29. The van der Waals surface area contributed by atoms with E-state index in [4.69, 9.17) is 10.6 Å². The number of piperazine rings is 1. The monoisotopic (exact) mass is 278 g/mol. The molecule has 20 heavy (non-hydrogen) atoms. The molecule has 0 unspecified atom stereocenters. The van der Waals surface area contributed by atoms with Gasteiger partial charge in [-0.3, -0.25) is 0 Å². The van der Waals surface area contributed by atoms with Gasteiger partial charge in [0.2, 0.25) is 0 Å². The van der Waals surface area contributed by atoms with Crippen LogP contribution in [0.1, 0.15) is 20.8 Å². The molecular weight excluding hydrogens is 256 g/mol. The first-order valence-corrected chi connectivity index (χ1v) is 6.80. The van der Waals surface area contributed by atoms with Crippen molar-refractivity contribution >= 4 is 17.5 Å². The maximum absolute atomic E-state index is 11.8. The van der Waals surface area contributed by atoms with Crippen molar-refractivity contribution in [2.45, 2.75) is 20.8 Å². The second-order valence-corrected chi connectivity index (χ2v) is 5.99. The van der Waals surface area contributed by atoms with Gasteiger partial charge in [-0.1, -0.05) is 0 Å². The topological polar surface area (TPSA) is 71.7 Å². The second-order valence-electron chi connectivity index (χ2n) is 5.99. The number of hydroxylamine groups is 2. The molecule has 0 aromatic carbocycles. The highest BCUT2D eigenvalue weighted by atomic mass is 16.7. The molecule has 6 nitrogen and oxygen atoms in total. The molecular formula is C14H22N4O2. The SMILES string of the molecule is CC(C)(C)C(=O)ON1CCN(c2ccc(N)nc2)CC1. The molecule has 6 heteroatoms. The zero-order chi connectivity index (χ0) is 14.8. The van der Waals surface area contributed by atoms with Crippen molar-refractivity contribution < 1.29 is 9.63 Å². The number of nitrogens with two attached hydrogens (primary N) is 1. The summed E-state index contributed by atoms with van der Waals surface area (Å²) in [7, 11) is 0. The number of nitrogens with zero attached hydrogens (tertiary/aromatic N) is 3. The Balaban J connectivity index is 1.86. The number of carbonyl (C=O) groups is 1. The van der Waals surface area contributed by atoms with E-state index in [-0.39, 0.29) is 5.97 Å². The Morgan fingerprint density at radius 3 is 2.40 bits per heavy atom. The fourth-order valence-electron chi connectivity index (χ4n) is 1.88. The van der Waals surface area contributed by atoms with Gasteiger partial charge in [0.1, 0.15) is 5.82 Å². The summed E-state index contributed by atoms with van der Waals surface area (Å²) in [4.78, 5) is 23.5. The lowest BCUT2D eigenvalue weighted by Gasteiger charge is -2.35. The third-order valence-corrected chi connectivity index (χ3v) is 3.20. The molecule has 2 heterocycles. The molecule has 1 aromatic heterocycles. The molecule has 2 rings (SSSR count). The van der Waals surface area contributed by atoms with Crippen LogP contribution in [0.5, 0.6) is 0 Å². The van der Waals surface area contributed by atoms with Gasteiger partial charge in [0, 0.05) is 13.1 Å². The zero-order valence-corrected chi connectivity index (χ0v) is 12.3. The molecule has 1 aliphatic heterocycles. The van der Waals surface area contributed by atoms with Crippen molar-refractivity contribution in [1.82, 2.24) is 10.0 Å². The van der Waals surface area contributed by atoms with Gasteiger partial charge in [-0.05, 0) is 32.9 Å². The fraction of sp³-hybridized carbons (Fsp3) is 0.571. The third-order valence-electron chi connectivity index (χ3n) is 3.20. The maximum atomic E-state index is 11.8. The van der Waals surface area contributed by atoms with Gasteiger partial charge in [-0.15, -0.1) is 5.06 Å². The molecule has 0 radical (unpaired) electrons. The molecule has 110 valence electrons. The van der Waals surface area contributed by atoms with Crippen LogP contribution in [-0.2, 0) is 9.63 Å². The van der Waals surface area contributed by atoms with Crippen LogP contribution in [0.15, 0.2) is 18.3 Å². The largest absolute Gasteiger partial charge is 0.384 e. The molecule has 1 fully saturated rings. The summed E-state index contributed by atoms with van der Waals surface area (Å²) in [5.74, 6) is 0.326. The van der Waals surface area contributed by atoms with Gasteiger partial charge in [-0.2, -0.15) is 0 Å².